The van der Waals surface area contributed by atoms with Crippen molar-refractivity contribution in [3.05, 3.63) is 64.1 Å². The Kier molecular flexibility index (Phi) is 6.61. The first-order valence-corrected chi connectivity index (χ1v) is 10.1. The highest BCUT2D eigenvalue weighted by Gasteiger charge is 2.40. The first-order chi connectivity index (χ1) is 12.6. The molecule has 0 bridgehead atoms. The van der Waals surface area contributed by atoms with E-state index in [-0.39, 0.29) is 18.2 Å². The second-order valence-corrected chi connectivity index (χ2v) is 8.51. The summed E-state index contributed by atoms with van der Waals surface area (Å²) in [7, 11) is 2.25. The topological polar surface area (TPSA) is 29.5 Å². The van der Waals surface area contributed by atoms with Crippen LogP contribution in [0.4, 0.5) is 0 Å². The zero-order valence-electron chi connectivity index (χ0n) is 15.4. The van der Waals surface area contributed by atoms with Gasteiger partial charge < -0.3 is 9.64 Å². The van der Waals surface area contributed by atoms with E-state index < -0.39 is 0 Å². The second kappa shape index (κ2) is 8.76. The molecule has 2 aliphatic rings. The molecule has 0 aromatic heterocycles. The van der Waals surface area contributed by atoms with Crippen molar-refractivity contribution in [1.29, 1.82) is 0 Å². The maximum atomic E-state index is 12.5. The Morgan fingerprint density at radius 2 is 1.63 bits per heavy atom. The number of nitrogens with zero attached hydrogens (tertiary/aromatic N) is 1. The third-order valence-electron chi connectivity index (χ3n) is 5.45. The zero-order valence-corrected chi connectivity index (χ0v) is 17.8. The lowest BCUT2D eigenvalue weighted by Gasteiger charge is -2.15. The summed E-state index contributed by atoms with van der Waals surface area (Å²) in [6.07, 6.45) is 4.02. The van der Waals surface area contributed by atoms with Gasteiger partial charge in [0.15, 0.2) is 5.78 Å². The fourth-order valence-electron chi connectivity index (χ4n) is 3.45. The number of halogens is 2. The quantitative estimate of drug-likeness (QED) is 0.517. The molecule has 2 atom stereocenters. The molecule has 0 radical (unpaired) electrons. The predicted octanol–water partition coefficient (Wildman–Crippen LogP) is 5.21. The van der Waals surface area contributed by atoms with Gasteiger partial charge in [-0.2, -0.15) is 0 Å². The minimum atomic E-state index is 0. The van der Waals surface area contributed by atoms with Crippen LogP contribution in [0.1, 0.15) is 35.2 Å². The molecule has 0 amide bonds. The van der Waals surface area contributed by atoms with E-state index in [9.17, 15) is 4.79 Å². The summed E-state index contributed by atoms with van der Waals surface area (Å²) in [5.41, 5.74) is 1.39. The van der Waals surface area contributed by atoms with Gasteiger partial charge in [-0.15, -0.1) is 12.4 Å². The Balaban J connectivity index is 0.00000210. The summed E-state index contributed by atoms with van der Waals surface area (Å²) >= 11 is 3.39. The van der Waals surface area contributed by atoms with Gasteiger partial charge in [-0.25, -0.2) is 0 Å². The van der Waals surface area contributed by atoms with Crippen LogP contribution in [0.2, 0.25) is 0 Å². The van der Waals surface area contributed by atoms with Gasteiger partial charge in [-0.3, -0.25) is 4.79 Å². The van der Waals surface area contributed by atoms with Gasteiger partial charge in [-0.05, 0) is 86.7 Å². The van der Waals surface area contributed by atoms with Gasteiger partial charge in [0.05, 0.1) is 6.61 Å². The SMILES string of the molecule is CN(CC1CC1COc1ccc(C(=O)c2ccc(Br)cc2)cc1)C1CC1.Cl. The summed E-state index contributed by atoms with van der Waals surface area (Å²) in [6, 6.07) is 15.8. The van der Waals surface area contributed by atoms with Crippen LogP contribution in [-0.2, 0) is 0 Å². The first-order valence-electron chi connectivity index (χ1n) is 9.33. The number of hydrogen-bond acceptors (Lipinski definition) is 3. The number of hydrogen-bond donors (Lipinski definition) is 0. The Morgan fingerprint density at radius 3 is 2.22 bits per heavy atom. The van der Waals surface area contributed by atoms with Crippen molar-refractivity contribution in [2.75, 3.05) is 20.2 Å². The molecule has 0 saturated heterocycles. The summed E-state index contributed by atoms with van der Waals surface area (Å²) in [4.78, 5) is 15.0. The van der Waals surface area contributed by atoms with E-state index in [2.05, 4.69) is 27.9 Å². The van der Waals surface area contributed by atoms with E-state index >= 15 is 0 Å². The maximum Gasteiger partial charge on any atom is 0.193 e. The molecule has 3 nitrogen and oxygen atoms in total. The zero-order chi connectivity index (χ0) is 18.1. The van der Waals surface area contributed by atoms with Crippen LogP contribution in [0.15, 0.2) is 53.0 Å². The largest absolute Gasteiger partial charge is 0.493 e. The molecule has 2 aliphatic carbocycles. The molecule has 2 unspecified atom stereocenters. The normalized spacial score (nSPS) is 20.9. The molecule has 5 heteroatoms. The van der Waals surface area contributed by atoms with Crippen molar-refractivity contribution in [1.82, 2.24) is 4.90 Å². The smallest absolute Gasteiger partial charge is 0.193 e. The van der Waals surface area contributed by atoms with Gasteiger partial charge >= 0.3 is 0 Å². The van der Waals surface area contributed by atoms with Crippen molar-refractivity contribution in [3.8, 4) is 5.75 Å². The van der Waals surface area contributed by atoms with E-state index in [0.29, 0.717) is 17.0 Å². The minimum absolute atomic E-state index is 0. The Hall–Kier alpha value is -1.36. The molecule has 0 aliphatic heterocycles. The number of ether oxygens (including phenoxy) is 1. The second-order valence-electron chi connectivity index (χ2n) is 7.60. The molecule has 4 rings (SSSR count). The number of carbonyl (C=O) groups is 1. The first kappa shape index (κ1) is 20.4. The lowest BCUT2D eigenvalue weighted by atomic mass is 10.0. The summed E-state index contributed by atoms with van der Waals surface area (Å²) in [6.45, 7) is 1.99. The summed E-state index contributed by atoms with van der Waals surface area (Å²) in [5.74, 6) is 2.35. The molecule has 27 heavy (non-hydrogen) atoms. The highest BCUT2D eigenvalue weighted by molar-refractivity contribution is 9.10. The third kappa shape index (κ3) is 5.34. The fraction of sp³-hybridized carbons (Fsp3) is 0.409. The van der Waals surface area contributed by atoms with Crippen LogP contribution in [-0.4, -0.2) is 36.9 Å². The summed E-state index contributed by atoms with van der Waals surface area (Å²) in [5, 5.41) is 0. The average Bonchev–Trinajstić information content (AvgIpc) is 3.56. The van der Waals surface area contributed by atoms with Gasteiger partial charge in [0.25, 0.3) is 0 Å². The molecular weight excluding hydrogens is 426 g/mol. The van der Waals surface area contributed by atoms with Crippen LogP contribution in [0.5, 0.6) is 5.75 Å². The Labute approximate surface area is 175 Å². The summed E-state index contributed by atoms with van der Waals surface area (Å²) < 4.78 is 6.91. The predicted molar refractivity (Wildman–Crippen MR) is 114 cm³/mol. The lowest BCUT2D eigenvalue weighted by molar-refractivity contribution is 0.103. The van der Waals surface area contributed by atoms with Crippen LogP contribution >= 0.6 is 28.3 Å². The van der Waals surface area contributed by atoms with E-state index in [0.717, 1.165) is 28.8 Å². The lowest BCUT2D eigenvalue weighted by Crippen LogP contribution is -2.24. The number of ketones is 1. The molecule has 2 aromatic rings. The molecule has 2 aromatic carbocycles. The standard InChI is InChI=1S/C22H24BrNO2.ClH/c1-24(20-8-9-20)13-17-12-18(17)14-26-21-10-4-16(5-11-21)22(25)15-2-6-19(23)7-3-15;/h2-7,10-11,17-18,20H,8-9,12-14H2,1H3;1H. The fourth-order valence-corrected chi connectivity index (χ4v) is 3.71. The Morgan fingerprint density at radius 1 is 1.04 bits per heavy atom. The third-order valence-corrected chi connectivity index (χ3v) is 5.98. The number of benzene rings is 2. The van der Waals surface area contributed by atoms with E-state index in [4.69, 9.17) is 4.74 Å². The van der Waals surface area contributed by atoms with Gasteiger partial charge in [0.1, 0.15) is 5.75 Å². The van der Waals surface area contributed by atoms with Crippen molar-refractivity contribution in [2.45, 2.75) is 25.3 Å². The minimum Gasteiger partial charge on any atom is -0.493 e. The van der Waals surface area contributed by atoms with Crippen LogP contribution in [0.25, 0.3) is 0 Å². The van der Waals surface area contributed by atoms with Crippen LogP contribution < -0.4 is 4.74 Å². The van der Waals surface area contributed by atoms with Gasteiger partial charge in [-0.1, -0.05) is 15.9 Å². The highest BCUT2D eigenvalue weighted by Crippen LogP contribution is 2.41. The van der Waals surface area contributed by atoms with E-state index in [1.54, 1.807) is 0 Å². The van der Waals surface area contributed by atoms with Crippen molar-refractivity contribution < 1.29 is 9.53 Å². The van der Waals surface area contributed by atoms with Crippen molar-refractivity contribution in [3.63, 3.8) is 0 Å². The number of rotatable bonds is 8. The molecule has 2 saturated carbocycles. The Bertz CT molecular complexity index is 774. The monoisotopic (exact) mass is 449 g/mol. The molecule has 0 N–H and O–H groups in total. The number of carbonyl (C=O) groups excluding carboxylic acids is 1. The molecular formula is C22H25BrClNO2. The molecule has 144 valence electrons. The molecule has 2 fully saturated rings. The van der Waals surface area contributed by atoms with E-state index in [1.807, 2.05) is 48.5 Å². The molecule has 0 heterocycles. The average molecular weight is 451 g/mol. The van der Waals surface area contributed by atoms with Gasteiger partial charge in [0, 0.05) is 28.2 Å². The highest BCUT2D eigenvalue weighted by atomic mass is 79.9. The molecule has 0 spiro atoms. The maximum absolute atomic E-state index is 12.5. The van der Waals surface area contributed by atoms with Gasteiger partial charge in [0.2, 0.25) is 0 Å². The van der Waals surface area contributed by atoms with Crippen LogP contribution in [0, 0.1) is 11.8 Å². The van der Waals surface area contributed by atoms with E-state index in [1.165, 1.54) is 25.8 Å². The van der Waals surface area contributed by atoms with Crippen molar-refractivity contribution in [2.24, 2.45) is 11.8 Å². The van der Waals surface area contributed by atoms with Crippen molar-refractivity contribution >= 4 is 34.1 Å². The van der Waals surface area contributed by atoms with Crippen LogP contribution in [0.3, 0.4) is 0 Å².